The molecule has 0 unspecified atom stereocenters. The van der Waals surface area contributed by atoms with Crippen molar-refractivity contribution in [3.63, 3.8) is 0 Å². The zero-order chi connectivity index (χ0) is 14.6. The summed E-state index contributed by atoms with van der Waals surface area (Å²) in [6.07, 6.45) is 3.55. The van der Waals surface area contributed by atoms with Crippen LogP contribution in [0, 0.1) is 0 Å². The molecule has 0 bridgehead atoms. The van der Waals surface area contributed by atoms with Gasteiger partial charge in [0.25, 0.3) is 9.05 Å². The van der Waals surface area contributed by atoms with Gasteiger partial charge in [0.2, 0.25) is 0 Å². The minimum atomic E-state index is -3.70. The molecule has 1 aliphatic heterocycles. The predicted octanol–water partition coefficient (Wildman–Crippen LogP) is 3.24. The lowest BCUT2D eigenvalue weighted by Crippen LogP contribution is -2.21. The van der Waals surface area contributed by atoms with Crippen LogP contribution in [0.3, 0.4) is 0 Å². The topological polar surface area (TPSA) is 46.6 Å². The van der Waals surface area contributed by atoms with E-state index in [1.54, 1.807) is 6.07 Å². The molecule has 0 N–H and O–H groups in total. The van der Waals surface area contributed by atoms with Gasteiger partial charge in [-0.1, -0.05) is 0 Å². The van der Waals surface area contributed by atoms with E-state index in [0.29, 0.717) is 16.8 Å². The van der Waals surface area contributed by atoms with Gasteiger partial charge in [-0.05, 0) is 66.5 Å². The number of benzene rings is 1. The summed E-state index contributed by atoms with van der Waals surface area (Å²) in [5.41, 5.74) is 0. The van der Waals surface area contributed by atoms with E-state index >= 15 is 0 Å². The maximum Gasteiger partial charge on any atom is 0.261 e. The highest BCUT2D eigenvalue weighted by atomic mass is 79.9. The second-order valence-corrected chi connectivity index (χ2v) is 8.20. The smallest absolute Gasteiger partial charge is 0.261 e. The highest BCUT2D eigenvalue weighted by Crippen LogP contribution is 2.29. The maximum absolute atomic E-state index is 11.2. The normalized spacial score (nSPS) is 16.5. The molecule has 1 aromatic rings. The molecule has 0 atom stereocenters. The monoisotopic (exact) mass is 381 g/mol. The van der Waals surface area contributed by atoms with Crippen LogP contribution in [0.2, 0.25) is 0 Å². The molecule has 1 heterocycles. The van der Waals surface area contributed by atoms with Crippen molar-refractivity contribution in [1.29, 1.82) is 0 Å². The van der Waals surface area contributed by atoms with Gasteiger partial charge < -0.3 is 9.64 Å². The van der Waals surface area contributed by atoms with Crippen molar-refractivity contribution in [1.82, 2.24) is 4.90 Å². The summed E-state index contributed by atoms with van der Waals surface area (Å²) in [4.78, 5) is 2.50. The van der Waals surface area contributed by atoms with Crippen LogP contribution in [0.1, 0.15) is 19.3 Å². The Morgan fingerprint density at radius 1 is 1.30 bits per heavy atom. The minimum absolute atomic E-state index is 0.0652. The SMILES string of the molecule is O=S(=O)(Cl)c1ccc(OCCCN2CCCC2)c(Br)c1. The van der Waals surface area contributed by atoms with Gasteiger partial charge in [0.1, 0.15) is 5.75 Å². The van der Waals surface area contributed by atoms with Gasteiger partial charge in [-0.15, -0.1) is 0 Å². The van der Waals surface area contributed by atoms with Crippen LogP contribution in [0.5, 0.6) is 5.75 Å². The summed E-state index contributed by atoms with van der Waals surface area (Å²) in [5, 5.41) is 0. The molecular formula is C13H17BrClNO3S. The van der Waals surface area contributed by atoms with Gasteiger partial charge in [-0.25, -0.2) is 8.42 Å². The number of likely N-dealkylation sites (tertiary alicyclic amines) is 1. The molecule has 1 fully saturated rings. The zero-order valence-electron chi connectivity index (χ0n) is 11.0. The number of rotatable bonds is 6. The molecule has 0 amide bonds. The Labute approximate surface area is 132 Å². The highest BCUT2D eigenvalue weighted by molar-refractivity contribution is 9.10. The Bertz CT molecular complexity index is 559. The van der Waals surface area contributed by atoms with E-state index in [9.17, 15) is 8.42 Å². The molecule has 7 heteroatoms. The third-order valence-electron chi connectivity index (χ3n) is 3.26. The first-order valence-electron chi connectivity index (χ1n) is 6.56. The van der Waals surface area contributed by atoms with Crippen LogP contribution in [-0.2, 0) is 9.05 Å². The van der Waals surface area contributed by atoms with E-state index in [1.807, 2.05) is 0 Å². The van der Waals surface area contributed by atoms with E-state index in [0.717, 1.165) is 13.0 Å². The predicted molar refractivity (Wildman–Crippen MR) is 83.0 cm³/mol. The molecule has 20 heavy (non-hydrogen) atoms. The molecular weight excluding hydrogens is 366 g/mol. The molecule has 1 saturated heterocycles. The van der Waals surface area contributed by atoms with Gasteiger partial charge in [0.15, 0.2) is 0 Å². The fourth-order valence-electron chi connectivity index (χ4n) is 2.23. The van der Waals surface area contributed by atoms with E-state index in [1.165, 1.54) is 38.1 Å². The molecule has 112 valence electrons. The summed E-state index contributed by atoms with van der Waals surface area (Å²) >= 11 is 3.30. The lowest BCUT2D eigenvalue weighted by Gasteiger charge is -2.15. The standard InChI is InChI=1S/C13H17BrClNO3S/c14-12-10-11(20(15,17)18)4-5-13(12)19-9-3-8-16-6-1-2-7-16/h4-5,10H,1-3,6-9H2. The quantitative estimate of drug-likeness (QED) is 0.560. The molecule has 0 spiro atoms. The summed E-state index contributed by atoms with van der Waals surface area (Å²) < 4.78 is 28.7. The van der Waals surface area contributed by atoms with E-state index in [-0.39, 0.29) is 4.90 Å². The lowest BCUT2D eigenvalue weighted by molar-refractivity contribution is 0.262. The Morgan fingerprint density at radius 3 is 2.60 bits per heavy atom. The van der Waals surface area contributed by atoms with Gasteiger partial charge in [-0.3, -0.25) is 0 Å². The van der Waals surface area contributed by atoms with Crippen molar-refractivity contribution in [2.45, 2.75) is 24.2 Å². The van der Waals surface area contributed by atoms with Crippen LogP contribution in [0.25, 0.3) is 0 Å². The second-order valence-electron chi connectivity index (χ2n) is 4.78. The third kappa shape index (κ3) is 4.62. The van der Waals surface area contributed by atoms with Crippen LogP contribution < -0.4 is 4.74 Å². The van der Waals surface area contributed by atoms with Gasteiger partial charge in [-0.2, -0.15) is 0 Å². The first kappa shape index (κ1) is 16.1. The molecule has 4 nitrogen and oxygen atoms in total. The molecule has 2 rings (SSSR count). The van der Waals surface area contributed by atoms with Crippen molar-refractivity contribution in [3.8, 4) is 5.75 Å². The Balaban J connectivity index is 1.83. The van der Waals surface area contributed by atoms with Crippen LogP contribution in [-0.4, -0.2) is 39.6 Å². The fourth-order valence-corrected chi connectivity index (χ4v) is 3.65. The van der Waals surface area contributed by atoms with E-state index in [4.69, 9.17) is 15.4 Å². The fraction of sp³-hybridized carbons (Fsp3) is 0.538. The maximum atomic E-state index is 11.2. The van der Waals surface area contributed by atoms with Crippen molar-refractivity contribution in [2.75, 3.05) is 26.2 Å². The van der Waals surface area contributed by atoms with Gasteiger partial charge in [0, 0.05) is 17.2 Å². The summed E-state index contributed by atoms with van der Waals surface area (Å²) in [6, 6.07) is 4.52. The average molecular weight is 383 g/mol. The first-order valence-corrected chi connectivity index (χ1v) is 9.66. The number of hydrogen-bond acceptors (Lipinski definition) is 4. The number of hydrogen-bond donors (Lipinski definition) is 0. The van der Waals surface area contributed by atoms with Gasteiger partial charge >= 0.3 is 0 Å². The molecule has 0 radical (unpaired) electrons. The molecule has 0 aromatic heterocycles. The van der Waals surface area contributed by atoms with Crippen molar-refractivity contribution in [3.05, 3.63) is 22.7 Å². The second kappa shape index (κ2) is 7.11. The molecule has 1 aliphatic rings. The zero-order valence-corrected chi connectivity index (χ0v) is 14.2. The number of nitrogens with zero attached hydrogens (tertiary/aromatic N) is 1. The average Bonchev–Trinajstić information content (AvgIpc) is 2.88. The molecule has 0 saturated carbocycles. The van der Waals surface area contributed by atoms with Crippen LogP contribution in [0.15, 0.2) is 27.6 Å². The largest absolute Gasteiger partial charge is 0.492 e. The van der Waals surface area contributed by atoms with Crippen molar-refractivity contribution >= 4 is 35.7 Å². The summed E-state index contributed by atoms with van der Waals surface area (Å²) in [7, 11) is 1.59. The van der Waals surface area contributed by atoms with E-state index in [2.05, 4.69) is 20.8 Å². The Hall–Kier alpha value is -0.300. The van der Waals surface area contributed by atoms with Crippen LogP contribution >= 0.6 is 26.6 Å². The lowest BCUT2D eigenvalue weighted by atomic mass is 10.3. The highest BCUT2D eigenvalue weighted by Gasteiger charge is 2.13. The third-order valence-corrected chi connectivity index (χ3v) is 5.23. The Morgan fingerprint density at radius 2 is 2.00 bits per heavy atom. The van der Waals surface area contributed by atoms with Crippen molar-refractivity contribution in [2.24, 2.45) is 0 Å². The van der Waals surface area contributed by atoms with E-state index < -0.39 is 9.05 Å². The van der Waals surface area contributed by atoms with Gasteiger partial charge in [0.05, 0.1) is 16.0 Å². The minimum Gasteiger partial charge on any atom is -0.492 e. The molecule has 1 aromatic carbocycles. The Kier molecular flexibility index (Phi) is 5.72. The first-order chi connectivity index (χ1) is 9.47. The summed E-state index contributed by atoms with van der Waals surface area (Å²) in [6.45, 7) is 4.03. The van der Waals surface area contributed by atoms with Crippen molar-refractivity contribution < 1.29 is 13.2 Å². The number of ether oxygens (including phenoxy) is 1. The summed E-state index contributed by atoms with van der Waals surface area (Å²) in [5.74, 6) is 0.635. The van der Waals surface area contributed by atoms with Crippen LogP contribution in [0.4, 0.5) is 0 Å². The molecule has 0 aliphatic carbocycles. The number of halogens is 2.